The van der Waals surface area contributed by atoms with Crippen LogP contribution in [0.25, 0.3) is 21.2 Å². The topological polar surface area (TPSA) is 51.2 Å². The summed E-state index contributed by atoms with van der Waals surface area (Å²) < 4.78 is 5.52. The molecule has 4 aromatic rings. The highest BCUT2D eigenvalue weighted by Crippen LogP contribution is 2.29. The smallest absolute Gasteiger partial charge is 0.220 e. The summed E-state index contributed by atoms with van der Waals surface area (Å²) in [6.45, 7) is 0.470. The Kier molecular flexibility index (Phi) is 5.86. The standard InChI is InChI=1S/C24H22N2O2S/c1-28-22-10-8-18-5-2-3-6-20(18)21(22)9-11-24(27)26-15-17-13-19(16-25-14-17)23-7-4-12-29-23/h2-8,10,12-14,16H,9,11,15H2,1H3,(H,26,27). The molecule has 0 spiro atoms. The van der Waals surface area contributed by atoms with Crippen LogP contribution in [0.5, 0.6) is 5.75 Å². The lowest BCUT2D eigenvalue weighted by molar-refractivity contribution is -0.121. The van der Waals surface area contributed by atoms with Gasteiger partial charge in [-0.3, -0.25) is 9.78 Å². The van der Waals surface area contributed by atoms with E-state index in [1.807, 2.05) is 41.9 Å². The summed E-state index contributed by atoms with van der Waals surface area (Å²) in [5.41, 5.74) is 3.14. The zero-order valence-electron chi connectivity index (χ0n) is 16.2. The number of methoxy groups -OCH3 is 1. The number of carbonyl (C=O) groups excluding carboxylic acids is 1. The second-order valence-corrected chi connectivity index (χ2v) is 7.75. The van der Waals surface area contributed by atoms with Gasteiger partial charge in [0.1, 0.15) is 5.75 Å². The number of hydrogen-bond acceptors (Lipinski definition) is 4. The lowest BCUT2D eigenvalue weighted by Gasteiger charge is -2.12. The van der Waals surface area contributed by atoms with E-state index in [9.17, 15) is 4.79 Å². The summed E-state index contributed by atoms with van der Waals surface area (Å²) in [6, 6.07) is 18.4. The normalized spacial score (nSPS) is 10.8. The minimum atomic E-state index is 0.0153. The predicted molar refractivity (Wildman–Crippen MR) is 118 cm³/mol. The fraction of sp³-hybridized carbons (Fsp3) is 0.167. The number of amides is 1. The van der Waals surface area contributed by atoms with Crippen molar-refractivity contribution in [3.63, 3.8) is 0 Å². The number of nitrogens with zero attached hydrogens (tertiary/aromatic N) is 1. The molecule has 0 saturated carbocycles. The average molecular weight is 403 g/mol. The van der Waals surface area contributed by atoms with E-state index in [0.717, 1.165) is 33.2 Å². The minimum Gasteiger partial charge on any atom is -0.496 e. The number of pyridine rings is 1. The van der Waals surface area contributed by atoms with Crippen LogP contribution < -0.4 is 10.1 Å². The number of fused-ring (bicyclic) bond motifs is 1. The van der Waals surface area contributed by atoms with Crippen LogP contribution >= 0.6 is 11.3 Å². The molecule has 29 heavy (non-hydrogen) atoms. The van der Waals surface area contributed by atoms with Gasteiger partial charge in [-0.1, -0.05) is 36.4 Å². The van der Waals surface area contributed by atoms with E-state index in [1.165, 1.54) is 4.88 Å². The number of benzene rings is 2. The Balaban J connectivity index is 1.40. The second kappa shape index (κ2) is 8.88. The number of aromatic nitrogens is 1. The molecule has 0 aliphatic rings. The molecular formula is C24H22N2O2S. The van der Waals surface area contributed by atoms with Crippen LogP contribution in [0, 0.1) is 0 Å². The Morgan fingerprint density at radius 3 is 2.83 bits per heavy atom. The van der Waals surface area contributed by atoms with Gasteiger partial charge in [0.25, 0.3) is 0 Å². The van der Waals surface area contributed by atoms with Gasteiger partial charge in [-0.2, -0.15) is 0 Å². The van der Waals surface area contributed by atoms with Gasteiger partial charge in [-0.15, -0.1) is 11.3 Å². The zero-order chi connectivity index (χ0) is 20.1. The highest BCUT2D eigenvalue weighted by atomic mass is 32.1. The van der Waals surface area contributed by atoms with Gasteiger partial charge in [0.05, 0.1) is 7.11 Å². The molecule has 146 valence electrons. The summed E-state index contributed by atoms with van der Waals surface area (Å²) in [6.07, 6.45) is 4.68. The quantitative estimate of drug-likeness (QED) is 0.461. The molecule has 0 radical (unpaired) electrons. The molecule has 2 heterocycles. The van der Waals surface area contributed by atoms with E-state index in [1.54, 1.807) is 24.6 Å². The highest BCUT2D eigenvalue weighted by Gasteiger charge is 2.11. The highest BCUT2D eigenvalue weighted by molar-refractivity contribution is 7.13. The van der Waals surface area contributed by atoms with Gasteiger partial charge in [-0.25, -0.2) is 0 Å². The second-order valence-electron chi connectivity index (χ2n) is 6.80. The Morgan fingerprint density at radius 2 is 2.00 bits per heavy atom. The largest absolute Gasteiger partial charge is 0.496 e. The van der Waals surface area contributed by atoms with Crippen molar-refractivity contribution in [2.75, 3.05) is 7.11 Å². The van der Waals surface area contributed by atoms with Crippen LogP contribution in [0.2, 0.25) is 0 Å². The summed E-state index contributed by atoms with van der Waals surface area (Å²) in [7, 11) is 1.67. The van der Waals surface area contributed by atoms with E-state index in [-0.39, 0.29) is 5.91 Å². The summed E-state index contributed by atoms with van der Waals surface area (Å²) in [5, 5.41) is 7.34. The first-order chi connectivity index (χ1) is 14.2. The number of thiophene rings is 1. The maximum absolute atomic E-state index is 12.5. The Morgan fingerprint density at radius 1 is 1.10 bits per heavy atom. The number of hydrogen-bond donors (Lipinski definition) is 1. The lowest BCUT2D eigenvalue weighted by Crippen LogP contribution is -2.23. The third kappa shape index (κ3) is 4.46. The summed E-state index contributed by atoms with van der Waals surface area (Å²) in [4.78, 5) is 18.0. The number of nitrogens with one attached hydrogen (secondary N) is 1. The van der Waals surface area contributed by atoms with Crippen molar-refractivity contribution in [2.45, 2.75) is 19.4 Å². The van der Waals surface area contributed by atoms with Crippen LogP contribution in [0.1, 0.15) is 17.5 Å². The molecule has 2 aromatic carbocycles. The van der Waals surface area contributed by atoms with Gasteiger partial charge >= 0.3 is 0 Å². The van der Waals surface area contributed by atoms with Crippen molar-refractivity contribution in [1.29, 1.82) is 0 Å². The van der Waals surface area contributed by atoms with E-state index < -0.39 is 0 Å². The lowest BCUT2D eigenvalue weighted by atomic mass is 9.99. The fourth-order valence-electron chi connectivity index (χ4n) is 3.45. The van der Waals surface area contributed by atoms with Crippen molar-refractivity contribution < 1.29 is 9.53 Å². The van der Waals surface area contributed by atoms with Crippen molar-refractivity contribution in [1.82, 2.24) is 10.3 Å². The molecule has 0 aliphatic carbocycles. The van der Waals surface area contributed by atoms with Crippen LogP contribution in [0.4, 0.5) is 0 Å². The SMILES string of the molecule is COc1ccc2ccccc2c1CCC(=O)NCc1cncc(-c2cccs2)c1. The number of rotatable bonds is 7. The van der Waals surface area contributed by atoms with Crippen LogP contribution in [-0.2, 0) is 17.8 Å². The van der Waals surface area contributed by atoms with Crippen molar-refractivity contribution in [2.24, 2.45) is 0 Å². The molecule has 1 amide bonds. The van der Waals surface area contributed by atoms with E-state index >= 15 is 0 Å². The molecule has 1 N–H and O–H groups in total. The molecular weight excluding hydrogens is 380 g/mol. The van der Waals surface area contributed by atoms with Crippen molar-refractivity contribution >= 4 is 28.0 Å². The molecule has 0 fully saturated rings. The first kappa shape index (κ1) is 19.2. The van der Waals surface area contributed by atoms with Gasteiger partial charge in [-0.05, 0) is 46.3 Å². The van der Waals surface area contributed by atoms with Gasteiger partial charge in [0.15, 0.2) is 0 Å². The van der Waals surface area contributed by atoms with Crippen LogP contribution in [0.15, 0.2) is 72.4 Å². The minimum absolute atomic E-state index is 0.0153. The molecule has 0 aliphatic heterocycles. The number of ether oxygens (including phenoxy) is 1. The molecule has 0 bridgehead atoms. The van der Waals surface area contributed by atoms with E-state index in [4.69, 9.17) is 4.74 Å². The van der Waals surface area contributed by atoms with E-state index in [2.05, 4.69) is 34.6 Å². The van der Waals surface area contributed by atoms with Gasteiger partial charge < -0.3 is 10.1 Å². The summed E-state index contributed by atoms with van der Waals surface area (Å²) >= 11 is 1.68. The van der Waals surface area contributed by atoms with Crippen LogP contribution in [-0.4, -0.2) is 18.0 Å². The molecule has 5 heteroatoms. The maximum Gasteiger partial charge on any atom is 0.220 e. The first-order valence-corrected chi connectivity index (χ1v) is 10.4. The zero-order valence-corrected chi connectivity index (χ0v) is 17.0. The van der Waals surface area contributed by atoms with Crippen molar-refractivity contribution in [3.8, 4) is 16.2 Å². The first-order valence-electron chi connectivity index (χ1n) is 9.54. The molecule has 4 rings (SSSR count). The average Bonchev–Trinajstić information content (AvgIpc) is 3.31. The fourth-order valence-corrected chi connectivity index (χ4v) is 4.16. The third-order valence-electron chi connectivity index (χ3n) is 4.91. The molecule has 2 aromatic heterocycles. The predicted octanol–water partition coefficient (Wildman–Crippen LogP) is 5.22. The van der Waals surface area contributed by atoms with E-state index in [0.29, 0.717) is 19.4 Å². The molecule has 4 nitrogen and oxygen atoms in total. The number of aryl methyl sites for hydroxylation is 1. The third-order valence-corrected chi connectivity index (χ3v) is 5.83. The molecule has 0 unspecified atom stereocenters. The Labute approximate surface area is 174 Å². The Hall–Kier alpha value is -3.18. The maximum atomic E-state index is 12.5. The van der Waals surface area contributed by atoms with Crippen LogP contribution in [0.3, 0.4) is 0 Å². The Bertz CT molecular complexity index is 1120. The molecule has 0 saturated heterocycles. The van der Waals surface area contributed by atoms with Crippen molar-refractivity contribution in [3.05, 3.63) is 83.5 Å². The monoisotopic (exact) mass is 402 g/mol. The van der Waals surface area contributed by atoms with Gasteiger partial charge in [0.2, 0.25) is 5.91 Å². The number of carbonyl (C=O) groups is 1. The van der Waals surface area contributed by atoms with Gasteiger partial charge in [0, 0.05) is 41.4 Å². The molecule has 0 atom stereocenters. The summed E-state index contributed by atoms with van der Waals surface area (Å²) in [5.74, 6) is 0.839.